The van der Waals surface area contributed by atoms with Gasteiger partial charge < -0.3 is 0 Å². The number of hydrogen-bond acceptors (Lipinski definition) is 1. The number of nitrogens with zero attached hydrogens (tertiary/aromatic N) is 1. The van der Waals surface area contributed by atoms with Crippen LogP contribution in [0.1, 0.15) is 25.0 Å². The minimum atomic E-state index is -0.0733. The van der Waals surface area contributed by atoms with Crippen molar-refractivity contribution < 1.29 is 0 Å². The quantitative estimate of drug-likeness (QED) is 0.196. The van der Waals surface area contributed by atoms with Crippen LogP contribution in [0, 0.1) is 0 Å². The molecule has 1 aliphatic carbocycles. The average molecular weight is 548 g/mol. The number of fused-ring (bicyclic) bond motifs is 11. The van der Waals surface area contributed by atoms with E-state index in [9.17, 15) is 0 Å². The molecule has 1 heterocycles. The van der Waals surface area contributed by atoms with E-state index in [2.05, 4.69) is 146 Å². The topological polar surface area (TPSA) is 12.9 Å². The summed E-state index contributed by atoms with van der Waals surface area (Å²) in [6.07, 6.45) is 1.87. The van der Waals surface area contributed by atoms with Crippen molar-refractivity contribution in [2.24, 2.45) is 0 Å². The van der Waals surface area contributed by atoms with Gasteiger partial charge in [0.1, 0.15) is 0 Å². The molecule has 0 atom stereocenters. The molecule has 9 rings (SSSR count). The van der Waals surface area contributed by atoms with E-state index in [4.69, 9.17) is 0 Å². The number of rotatable bonds is 2. The molecule has 0 saturated carbocycles. The van der Waals surface area contributed by atoms with Crippen LogP contribution in [0.4, 0.5) is 0 Å². The molecule has 0 bridgehead atoms. The van der Waals surface area contributed by atoms with Gasteiger partial charge in [-0.25, -0.2) is 0 Å². The lowest BCUT2D eigenvalue weighted by Crippen LogP contribution is -2.15. The zero-order valence-electron chi connectivity index (χ0n) is 24.2. The summed E-state index contributed by atoms with van der Waals surface area (Å²) in [5, 5.41) is 10.4. The van der Waals surface area contributed by atoms with Crippen LogP contribution in [0.25, 0.3) is 76.6 Å². The number of hydrogen-bond donors (Lipinski definition) is 0. The fraction of sp³-hybridized carbons (Fsp3) is 0.0714. The minimum Gasteiger partial charge on any atom is -0.256 e. The minimum absolute atomic E-state index is 0.0733. The number of aromatic nitrogens is 1. The molecule has 0 fully saturated rings. The lowest BCUT2D eigenvalue weighted by atomic mass is 9.78. The van der Waals surface area contributed by atoms with E-state index in [0.717, 1.165) is 11.3 Å². The van der Waals surface area contributed by atoms with Gasteiger partial charge in [-0.15, -0.1) is 0 Å². The second-order valence-electron chi connectivity index (χ2n) is 12.3. The Labute approximate surface area is 251 Å². The van der Waals surface area contributed by atoms with E-state index < -0.39 is 0 Å². The molecule has 0 aliphatic heterocycles. The first-order valence-electron chi connectivity index (χ1n) is 15.1. The van der Waals surface area contributed by atoms with Crippen LogP contribution in [0.3, 0.4) is 0 Å². The molecule has 7 aromatic carbocycles. The van der Waals surface area contributed by atoms with Crippen LogP contribution in [0.5, 0.6) is 0 Å². The molecule has 0 N–H and O–H groups in total. The molecule has 0 radical (unpaired) electrons. The largest absolute Gasteiger partial charge is 0.256 e. The van der Waals surface area contributed by atoms with Gasteiger partial charge in [0.05, 0.1) is 5.69 Å². The lowest BCUT2D eigenvalue weighted by Gasteiger charge is -2.25. The fourth-order valence-corrected chi connectivity index (χ4v) is 7.78. The second kappa shape index (κ2) is 8.86. The lowest BCUT2D eigenvalue weighted by molar-refractivity contribution is 0.666. The Hall–Kier alpha value is -5.27. The fourth-order valence-electron chi connectivity index (χ4n) is 7.78. The summed E-state index contributed by atoms with van der Waals surface area (Å²) in [7, 11) is 0. The monoisotopic (exact) mass is 547 g/mol. The van der Waals surface area contributed by atoms with Crippen LogP contribution in [-0.4, -0.2) is 4.98 Å². The van der Waals surface area contributed by atoms with Gasteiger partial charge in [-0.3, -0.25) is 4.98 Å². The van der Waals surface area contributed by atoms with Crippen LogP contribution in [0.2, 0.25) is 0 Å². The van der Waals surface area contributed by atoms with E-state index in [1.54, 1.807) is 0 Å². The van der Waals surface area contributed by atoms with Crippen LogP contribution >= 0.6 is 0 Å². The van der Waals surface area contributed by atoms with E-state index in [1.165, 1.54) is 76.5 Å². The first kappa shape index (κ1) is 24.3. The highest BCUT2D eigenvalue weighted by Crippen LogP contribution is 2.53. The van der Waals surface area contributed by atoms with Crippen LogP contribution < -0.4 is 0 Å². The zero-order chi connectivity index (χ0) is 28.7. The predicted molar refractivity (Wildman–Crippen MR) is 183 cm³/mol. The summed E-state index contributed by atoms with van der Waals surface area (Å²) in [6, 6.07) is 49.0. The smallest absolute Gasteiger partial charge is 0.0708 e. The molecule has 1 nitrogen and oxygen atoms in total. The summed E-state index contributed by atoms with van der Waals surface area (Å²) >= 11 is 0. The van der Waals surface area contributed by atoms with Crippen molar-refractivity contribution in [3.05, 3.63) is 151 Å². The zero-order valence-corrected chi connectivity index (χ0v) is 24.2. The maximum atomic E-state index is 4.65. The maximum absolute atomic E-state index is 4.65. The molecular formula is C42H29N. The molecule has 1 aromatic heterocycles. The number of pyridine rings is 1. The standard InChI is InChI=1S/C42H29N/c1-42(2)38-16-8-7-14-32(38)36-23-22-35-31-19-18-26(25-37(31)30-13-5-6-15-34(30)40(35)41(36)42)27-20-21-33(39-17-9-10-24-43-39)29-12-4-3-11-28(27)29/h3-25H,1-2H3. The van der Waals surface area contributed by atoms with Gasteiger partial charge in [-0.1, -0.05) is 129 Å². The van der Waals surface area contributed by atoms with Gasteiger partial charge in [0.15, 0.2) is 0 Å². The third-order valence-corrected chi connectivity index (χ3v) is 9.69. The summed E-state index contributed by atoms with van der Waals surface area (Å²) in [5.41, 5.74) is 10.2. The summed E-state index contributed by atoms with van der Waals surface area (Å²) in [4.78, 5) is 4.65. The molecule has 1 heteroatoms. The molecule has 202 valence electrons. The van der Waals surface area contributed by atoms with E-state index in [0.29, 0.717) is 0 Å². The van der Waals surface area contributed by atoms with Gasteiger partial charge in [-0.2, -0.15) is 0 Å². The average Bonchev–Trinajstić information content (AvgIpc) is 3.30. The van der Waals surface area contributed by atoms with Crippen molar-refractivity contribution in [2.75, 3.05) is 0 Å². The predicted octanol–water partition coefficient (Wildman–Crippen LogP) is 11.3. The Bertz CT molecular complexity index is 2390. The Kier molecular flexibility index (Phi) is 5.02. The van der Waals surface area contributed by atoms with Gasteiger partial charge in [-0.05, 0) is 94.7 Å². The maximum Gasteiger partial charge on any atom is 0.0708 e. The Balaban J connectivity index is 1.33. The molecular weight excluding hydrogens is 518 g/mol. The van der Waals surface area contributed by atoms with Gasteiger partial charge in [0.25, 0.3) is 0 Å². The SMILES string of the molecule is CC1(C)c2ccccc2-c2ccc3c4ccc(-c5ccc(-c6ccccn6)c6ccccc56)cc4c4ccccc4c3c21. The Morgan fingerprint density at radius 2 is 1.05 bits per heavy atom. The number of benzene rings is 7. The highest BCUT2D eigenvalue weighted by Gasteiger charge is 2.37. The van der Waals surface area contributed by atoms with E-state index >= 15 is 0 Å². The highest BCUT2D eigenvalue weighted by atomic mass is 14.7. The van der Waals surface area contributed by atoms with Gasteiger partial charge in [0.2, 0.25) is 0 Å². The highest BCUT2D eigenvalue weighted by molar-refractivity contribution is 6.28. The Morgan fingerprint density at radius 3 is 1.86 bits per heavy atom. The third-order valence-electron chi connectivity index (χ3n) is 9.69. The van der Waals surface area contributed by atoms with Crippen molar-refractivity contribution in [3.63, 3.8) is 0 Å². The van der Waals surface area contributed by atoms with Crippen LogP contribution in [-0.2, 0) is 5.41 Å². The van der Waals surface area contributed by atoms with E-state index in [1.807, 2.05) is 12.3 Å². The van der Waals surface area contributed by atoms with Crippen molar-refractivity contribution >= 4 is 43.1 Å². The first-order chi connectivity index (χ1) is 21.1. The summed E-state index contributed by atoms with van der Waals surface area (Å²) < 4.78 is 0. The summed E-state index contributed by atoms with van der Waals surface area (Å²) in [6.45, 7) is 4.78. The molecule has 0 spiro atoms. The van der Waals surface area contributed by atoms with Crippen molar-refractivity contribution in [2.45, 2.75) is 19.3 Å². The third kappa shape index (κ3) is 3.37. The molecule has 8 aromatic rings. The second-order valence-corrected chi connectivity index (χ2v) is 12.3. The summed E-state index contributed by atoms with van der Waals surface area (Å²) in [5.74, 6) is 0. The molecule has 0 amide bonds. The Morgan fingerprint density at radius 1 is 0.442 bits per heavy atom. The molecule has 0 saturated heterocycles. The normalized spacial score (nSPS) is 13.5. The molecule has 1 aliphatic rings. The van der Waals surface area contributed by atoms with Gasteiger partial charge in [0, 0.05) is 17.2 Å². The molecule has 43 heavy (non-hydrogen) atoms. The van der Waals surface area contributed by atoms with Crippen molar-refractivity contribution in [3.8, 4) is 33.5 Å². The van der Waals surface area contributed by atoms with Crippen molar-refractivity contribution in [1.82, 2.24) is 4.98 Å². The van der Waals surface area contributed by atoms with Crippen LogP contribution in [0.15, 0.2) is 140 Å². The van der Waals surface area contributed by atoms with Gasteiger partial charge >= 0.3 is 0 Å². The van der Waals surface area contributed by atoms with Crippen molar-refractivity contribution in [1.29, 1.82) is 0 Å². The van der Waals surface area contributed by atoms with E-state index in [-0.39, 0.29) is 5.41 Å². The molecule has 0 unspecified atom stereocenters. The first-order valence-corrected chi connectivity index (χ1v) is 15.1.